The normalized spacial score (nSPS) is 33.1. The van der Waals surface area contributed by atoms with Crippen molar-refractivity contribution in [2.75, 3.05) is 19.8 Å². The number of hydrogen-bond acceptors (Lipinski definition) is 4. The lowest BCUT2D eigenvalue weighted by Crippen LogP contribution is -2.56. The van der Waals surface area contributed by atoms with Crippen molar-refractivity contribution in [2.45, 2.75) is 50.0 Å². The van der Waals surface area contributed by atoms with E-state index in [1.54, 1.807) is 11.2 Å². The van der Waals surface area contributed by atoms with Gasteiger partial charge in [0.15, 0.2) is 0 Å². The van der Waals surface area contributed by atoms with E-state index < -0.39 is 15.3 Å². The molecule has 1 N–H and O–H groups in total. The third-order valence-corrected chi connectivity index (χ3v) is 6.05. The first kappa shape index (κ1) is 13.3. The van der Waals surface area contributed by atoms with Crippen LogP contribution in [0.3, 0.4) is 0 Å². The van der Waals surface area contributed by atoms with Gasteiger partial charge in [0.1, 0.15) is 0 Å². The number of aliphatic hydroxyl groups is 1. The Labute approximate surface area is 103 Å². The highest BCUT2D eigenvalue weighted by Crippen LogP contribution is 2.31. The summed E-state index contributed by atoms with van der Waals surface area (Å²) >= 11 is 0. The summed E-state index contributed by atoms with van der Waals surface area (Å²) in [5.74, 6) is 0. The number of fused-ring (bicyclic) bond motifs is 1. The van der Waals surface area contributed by atoms with E-state index in [1.165, 1.54) is 0 Å². The minimum atomic E-state index is -3.38. The minimum absolute atomic E-state index is 0.0171. The molecular formula is C11H21NO4S. The Morgan fingerprint density at radius 2 is 2.12 bits per heavy atom. The molecule has 2 rings (SSSR count). The molecule has 100 valence electrons. The van der Waals surface area contributed by atoms with E-state index in [0.29, 0.717) is 13.2 Å². The van der Waals surface area contributed by atoms with E-state index in [-0.39, 0.29) is 18.8 Å². The van der Waals surface area contributed by atoms with Crippen molar-refractivity contribution in [1.82, 2.24) is 4.31 Å². The van der Waals surface area contributed by atoms with Crippen molar-refractivity contribution in [2.24, 2.45) is 0 Å². The van der Waals surface area contributed by atoms with Gasteiger partial charge in [-0.1, -0.05) is 12.8 Å². The molecule has 2 aliphatic rings. The largest absolute Gasteiger partial charge is 0.395 e. The number of rotatable bonds is 3. The SMILES string of the molecule is CC(CO)S(=O)(=O)N1CCOC2CCCCC21. The van der Waals surface area contributed by atoms with Gasteiger partial charge in [-0.25, -0.2) is 8.42 Å². The first-order valence-electron chi connectivity index (χ1n) is 6.30. The average Bonchev–Trinajstić information content (AvgIpc) is 2.37. The van der Waals surface area contributed by atoms with Crippen LogP contribution in [0, 0.1) is 0 Å². The monoisotopic (exact) mass is 263 g/mol. The first-order valence-corrected chi connectivity index (χ1v) is 7.81. The zero-order valence-electron chi connectivity index (χ0n) is 10.2. The molecule has 1 aliphatic carbocycles. The topological polar surface area (TPSA) is 66.8 Å². The van der Waals surface area contributed by atoms with Gasteiger partial charge in [0.25, 0.3) is 0 Å². The molecule has 17 heavy (non-hydrogen) atoms. The van der Waals surface area contributed by atoms with Gasteiger partial charge >= 0.3 is 0 Å². The van der Waals surface area contributed by atoms with Crippen molar-refractivity contribution in [3.63, 3.8) is 0 Å². The maximum atomic E-state index is 12.3. The lowest BCUT2D eigenvalue weighted by molar-refractivity contribution is -0.0589. The summed E-state index contributed by atoms with van der Waals surface area (Å²) in [6.45, 7) is 2.13. The molecule has 5 nitrogen and oxygen atoms in total. The maximum Gasteiger partial charge on any atom is 0.219 e. The summed E-state index contributed by atoms with van der Waals surface area (Å²) in [6.07, 6.45) is 4.05. The molecular weight excluding hydrogens is 242 g/mol. The lowest BCUT2D eigenvalue weighted by Gasteiger charge is -2.43. The minimum Gasteiger partial charge on any atom is -0.395 e. The molecule has 2 fully saturated rings. The van der Waals surface area contributed by atoms with Gasteiger partial charge in [0.2, 0.25) is 10.0 Å². The number of hydrogen-bond donors (Lipinski definition) is 1. The van der Waals surface area contributed by atoms with Crippen molar-refractivity contribution >= 4 is 10.0 Å². The lowest BCUT2D eigenvalue weighted by atomic mass is 9.91. The van der Waals surface area contributed by atoms with E-state index in [1.807, 2.05) is 0 Å². The van der Waals surface area contributed by atoms with Gasteiger partial charge in [0.05, 0.1) is 30.6 Å². The van der Waals surface area contributed by atoms with Gasteiger partial charge in [-0.15, -0.1) is 0 Å². The molecule has 0 aromatic carbocycles. The summed E-state index contributed by atoms with van der Waals surface area (Å²) < 4.78 is 31.8. The summed E-state index contributed by atoms with van der Waals surface area (Å²) in [7, 11) is -3.38. The fraction of sp³-hybridized carbons (Fsp3) is 1.00. The highest BCUT2D eigenvalue weighted by atomic mass is 32.2. The van der Waals surface area contributed by atoms with Crippen LogP contribution in [0.25, 0.3) is 0 Å². The van der Waals surface area contributed by atoms with E-state index in [4.69, 9.17) is 9.84 Å². The fourth-order valence-electron chi connectivity index (χ4n) is 2.70. The van der Waals surface area contributed by atoms with Gasteiger partial charge in [0, 0.05) is 6.54 Å². The molecule has 3 unspecified atom stereocenters. The van der Waals surface area contributed by atoms with Gasteiger partial charge in [-0.2, -0.15) is 4.31 Å². The van der Waals surface area contributed by atoms with E-state index in [0.717, 1.165) is 25.7 Å². The van der Waals surface area contributed by atoms with Crippen LogP contribution in [0.2, 0.25) is 0 Å². The number of morpholine rings is 1. The number of ether oxygens (including phenoxy) is 1. The van der Waals surface area contributed by atoms with Crippen LogP contribution in [-0.4, -0.2) is 55.0 Å². The zero-order valence-corrected chi connectivity index (χ0v) is 11.0. The molecule has 0 spiro atoms. The van der Waals surface area contributed by atoms with Crippen LogP contribution >= 0.6 is 0 Å². The molecule has 1 saturated carbocycles. The molecule has 1 saturated heterocycles. The Morgan fingerprint density at radius 1 is 1.41 bits per heavy atom. The van der Waals surface area contributed by atoms with Crippen molar-refractivity contribution < 1.29 is 18.3 Å². The van der Waals surface area contributed by atoms with Crippen LogP contribution in [0.5, 0.6) is 0 Å². The van der Waals surface area contributed by atoms with Crippen LogP contribution in [0.4, 0.5) is 0 Å². The van der Waals surface area contributed by atoms with Crippen molar-refractivity contribution in [3.8, 4) is 0 Å². The van der Waals surface area contributed by atoms with Crippen molar-refractivity contribution in [3.05, 3.63) is 0 Å². The second-order valence-electron chi connectivity index (χ2n) is 4.91. The summed E-state index contributed by atoms with van der Waals surface area (Å²) in [6, 6.07) is -0.0171. The Kier molecular flexibility index (Phi) is 4.07. The van der Waals surface area contributed by atoms with Crippen molar-refractivity contribution in [1.29, 1.82) is 0 Å². The smallest absolute Gasteiger partial charge is 0.219 e. The molecule has 0 aromatic rings. The third-order valence-electron chi connectivity index (χ3n) is 3.77. The zero-order chi connectivity index (χ0) is 12.5. The molecule has 0 amide bonds. The number of sulfonamides is 1. The summed E-state index contributed by atoms with van der Waals surface area (Å²) in [4.78, 5) is 0. The third kappa shape index (κ3) is 2.50. The second-order valence-corrected chi connectivity index (χ2v) is 7.21. The summed E-state index contributed by atoms with van der Waals surface area (Å²) in [5, 5.41) is 8.34. The Hall–Kier alpha value is -0.170. The standard InChI is InChI=1S/C11H21NO4S/c1-9(8-13)17(14,15)12-6-7-16-11-5-3-2-4-10(11)12/h9-11,13H,2-8H2,1H3. The average molecular weight is 263 g/mol. The van der Waals surface area contributed by atoms with Crippen LogP contribution in [0.1, 0.15) is 32.6 Å². The molecule has 1 heterocycles. The maximum absolute atomic E-state index is 12.3. The predicted molar refractivity (Wildman–Crippen MR) is 64.2 cm³/mol. The van der Waals surface area contributed by atoms with Crippen LogP contribution < -0.4 is 0 Å². The second kappa shape index (κ2) is 5.22. The fourth-order valence-corrected chi connectivity index (χ4v) is 4.30. The quantitative estimate of drug-likeness (QED) is 0.797. The molecule has 3 atom stereocenters. The van der Waals surface area contributed by atoms with Crippen LogP contribution in [0.15, 0.2) is 0 Å². The molecule has 0 bridgehead atoms. The first-order chi connectivity index (χ1) is 8.07. The molecule has 0 aromatic heterocycles. The molecule has 0 radical (unpaired) electrons. The van der Waals surface area contributed by atoms with Gasteiger partial charge < -0.3 is 9.84 Å². The highest BCUT2D eigenvalue weighted by molar-refractivity contribution is 7.89. The van der Waals surface area contributed by atoms with Gasteiger partial charge in [-0.3, -0.25) is 0 Å². The van der Waals surface area contributed by atoms with Crippen LogP contribution in [-0.2, 0) is 14.8 Å². The Bertz CT molecular complexity index is 354. The predicted octanol–water partition coefficient (Wildman–Crippen LogP) is 0.340. The van der Waals surface area contributed by atoms with E-state index in [2.05, 4.69) is 0 Å². The van der Waals surface area contributed by atoms with Gasteiger partial charge in [-0.05, 0) is 19.8 Å². The summed E-state index contributed by atoms with van der Waals surface area (Å²) in [5.41, 5.74) is 0. The number of nitrogens with zero attached hydrogens (tertiary/aromatic N) is 1. The molecule has 1 aliphatic heterocycles. The molecule has 6 heteroatoms. The highest BCUT2D eigenvalue weighted by Gasteiger charge is 2.41. The number of aliphatic hydroxyl groups excluding tert-OH is 1. The van der Waals surface area contributed by atoms with E-state index >= 15 is 0 Å². The Morgan fingerprint density at radius 3 is 2.82 bits per heavy atom. The Balaban J connectivity index is 2.19. The van der Waals surface area contributed by atoms with E-state index in [9.17, 15) is 8.42 Å².